The molecule has 1 unspecified atom stereocenters. The number of nitrogens with zero attached hydrogens (tertiary/aromatic N) is 1. The number of hydrogen-bond acceptors (Lipinski definition) is 3. The second-order valence-electron chi connectivity index (χ2n) is 7.09. The van der Waals surface area contributed by atoms with Crippen LogP contribution in [0.3, 0.4) is 0 Å². The molecule has 0 saturated heterocycles. The molecule has 0 aliphatic rings. The van der Waals surface area contributed by atoms with Gasteiger partial charge in [-0.25, -0.2) is 4.79 Å². The Morgan fingerprint density at radius 2 is 1.96 bits per heavy atom. The minimum Gasteiger partial charge on any atom is -0.349 e. The Labute approximate surface area is 153 Å². The zero-order valence-corrected chi connectivity index (χ0v) is 16.8. The second-order valence-corrected chi connectivity index (χ2v) is 8.16. The number of amides is 2. The van der Waals surface area contributed by atoms with Crippen molar-refractivity contribution in [3.8, 4) is 0 Å². The van der Waals surface area contributed by atoms with Gasteiger partial charge in [0.15, 0.2) is 5.78 Å². The normalized spacial score (nSPS) is 15.3. The molecule has 5 N–H and O–H groups in total. The lowest BCUT2D eigenvalue weighted by molar-refractivity contribution is -0.627. The van der Waals surface area contributed by atoms with Gasteiger partial charge in [0.05, 0.1) is 38.8 Å². The maximum absolute atomic E-state index is 12.2. The van der Waals surface area contributed by atoms with E-state index >= 15 is 0 Å². The van der Waals surface area contributed by atoms with Crippen molar-refractivity contribution in [2.24, 2.45) is 5.41 Å². The highest BCUT2D eigenvalue weighted by molar-refractivity contribution is 7.76. The average Bonchev–Trinajstić information content (AvgIpc) is 2.49. The van der Waals surface area contributed by atoms with Gasteiger partial charge in [-0.15, -0.1) is 6.58 Å². The first-order valence-electron chi connectivity index (χ1n) is 8.41. The van der Waals surface area contributed by atoms with Crippen LogP contribution < -0.4 is 16.0 Å². The predicted molar refractivity (Wildman–Crippen MR) is 101 cm³/mol. The summed E-state index contributed by atoms with van der Waals surface area (Å²) in [5.41, 5.74) is -0.413. The molecule has 0 fully saturated rings. The van der Waals surface area contributed by atoms with Gasteiger partial charge in [-0.3, -0.25) is 4.79 Å². The Hall–Kier alpha value is -1.29. The smallest absolute Gasteiger partial charge is 0.315 e. The van der Waals surface area contributed by atoms with Crippen LogP contribution in [-0.2, 0) is 20.3 Å². The number of rotatable bonds is 11. The monoisotopic (exact) mass is 378 g/mol. The number of ketones is 1. The Bertz CT molecular complexity index is 479. The van der Waals surface area contributed by atoms with Gasteiger partial charge in [0.25, 0.3) is 11.3 Å². The van der Waals surface area contributed by atoms with E-state index in [4.69, 9.17) is 0 Å². The molecule has 0 radical (unpaired) electrons. The molecule has 0 spiro atoms. The van der Waals surface area contributed by atoms with Gasteiger partial charge in [-0.2, -0.15) is 4.55 Å². The number of hydrogen-bond donors (Lipinski definition) is 4. The van der Waals surface area contributed by atoms with Crippen molar-refractivity contribution >= 4 is 23.1 Å². The van der Waals surface area contributed by atoms with E-state index in [0.717, 1.165) is 13.0 Å². The Morgan fingerprint density at radius 1 is 1.36 bits per heavy atom. The molecule has 0 aliphatic carbocycles. The molecule has 0 aromatic heterocycles. The third kappa shape index (κ3) is 9.69. The molecule has 0 aliphatic heterocycles. The quantitative estimate of drug-likeness (QED) is 0.173. The zero-order valence-electron chi connectivity index (χ0n) is 15.9. The van der Waals surface area contributed by atoms with Gasteiger partial charge < -0.3 is 16.0 Å². The maximum atomic E-state index is 12.2. The lowest BCUT2D eigenvalue weighted by Crippen LogP contribution is -2.79. The molecule has 9 heteroatoms. The third-order valence-corrected chi connectivity index (χ3v) is 4.55. The van der Waals surface area contributed by atoms with Crippen LogP contribution in [0.4, 0.5) is 4.79 Å². The second kappa shape index (κ2) is 11.3. The van der Waals surface area contributed by atoms with Gasteiger partial charge in [0, 0.05) is 6.42 Å². The molecule has 146 valence electrons. The highest BCUT2D eigenvalue weighted by Gasteiger charge is 2.30. The van der Waals surface area contributed by atoms with Crippen LogP contribution >= 0.6 is 0 Å². The summed E-state index contributed by atoms with van der Waals surface area (Å²) in [5, 5.41) is 7.35. The SMILES string of the molecule is C=C[C@@H](CN(CCC[NH2+]C)[SH+](=O)O)NC(=O)N[C@H](C(C)=O)C(C)(C)C. The molecule has 0 aromatic carbocycles. The average molecular weight is 379 g/mol. The van der Waals surface area contributed by atoms with Crippen molar-refractivity contribution in [2.45, 2.75) is 46.2 Å². The molecule has 0 bridgehead atoms. The summed E-state index contributed by atoms with van der Waals surface area (Å²) >= 11 is -2.49. The van der Waals surface area contributed by atoms with Gasteiger partial charge in [0.1, 0.15) is 0 Å². The fourth-order valence-corrected chi connectivity index (χ4v) is 3.03. The molecule has 3 atom stereocenters. The summed E-state index contributed by atoms with van der Waals surface area (Å²) < 4.78 is 22.3. The molecule has 8 nitrogen and oxygen atoms in total. The van der Waals surface area contributed by atoms with Crippen LogP contribution in [0.5, 0.6) is 0 Å². The topological polar surface area (TPSA) is 115 Å². The van der Waals surface area contributed by atoms with E-state index in [0.29, 0.717) is 6.54 Å². The van der Waals surface area contributed by atoms with E-state index in [1.807, 2.05) is 33.1 Å². The first kappa shape index (κ1) is 23.7. The van der Waals surface area contributed by atoms with E-state index in [9.17, 15) is 18.4 Å². The number of carbonyl (C=O) groups is 2. The third-order valence-electron chi connectivity index (χ3n) is 3.71. The minimum absolute atomic E-state index is 0.131. The largest absolute Gasteiger partial charge is 0.349 e. The number of thiol groups is 1. The summed E-state index contributed by atoms with van der Waals surface area (Å²) in [6, 6.07) is -1.64. The van der Waals surface area contributed by atoms with E-state index in [1.165, 1.54) is 17.3 Å². The van der Waals surface area contributed by atoms with Crippen LogP contribution in [0.2, 0.25) is 0 Å². The molecule has 0 aromatic rings. The van der Waals surface area contributed by atoms with Gasteiger partial charge in [0.2, 0.25) is 0 Å². The van der Waals surface area contributed by atoms with Crippen molar-refractivity contribution in [1.29, 1.82) is 0 Å². The van der Waals surface area contributed by atoms with Crippen molar-refractivity contribution in [2.75, 3.05) is 26.7 Å². The molecule has 0 rings (SSSR count). The molecule has 0 saturated carbocycles. The Kier molecular flexibility index (Phi) is 10.8. The van der Waals surface area contributed by atoms with Crippen LogP contribution in [0, 0.1) is 5.41 Å². The molecular formula is C16H34N4O4S+2. The number of urea groups is 1. The predicted octanol–water partition coefficient (Wildman–Crippen LogP) is -0.187. The fraction of sp³-hybridized carbons (Fsp3) is 0.750. The van der Waals surface area contributed by atoms with Crippen LogP contribution in [0.1, 0.15) is 34.1 Å². The standard InChI is InChI=1S/C16H32N4O4S/c1-7-13(11-20(25(23)24)10-8-9-17-6)18-15(22)19-14(12(2)21)16(3,4)5/h7,13-14,17H,1,8-11H2,2-6H3,(H,23,24)(H2,18,19,22)/p+2/t13-,14+/m0/s1. The highest BCUT2D eigenvalue weighted by Crippen LogP contribution is 2.19. The number of nitrogens with two attached hydrogens (primary N) is 1. The zero-order chi connectivity index (χ0) is 19.6. The molecular weight excluding hydrogens is 344 g/mol. The van der Waals surface area contributed by atoms with Gasteiger partial charge in [-0.05, 0) is 16.5 Å². The van der Waals surface area contributed by atoms with Gasteiger partial charge in [-0.1, -0.05) is 31.2 Å². The van der Waals surface area contributed by atoms with E-state index in [-0.39, 0.29) is 12.3 Å². The number of nitrogens with one attached hydrogen (secondary N) is 2. The molecule has 0 heterocycles. The lowest BCUT2D eigenvalue weighted by atomic mass is 9.84. The van der Waals surface area contributed by atoms with Crippen molar-refractivity contribution in [3.63, 3.8) is 0 Å². The summed E-state index contributed by atoms with van der Waals surface area (Å²) in [6.45, 7) is 12.2. The Balaban J connectivity index is 4.78. The van der Waals surface area contributed by atoms with Crippen molar-refractivity contribution in [3.05, 3.63) is 12.7 Å². The van der Waals surface area contributed by atoms with E-state index in [2.05, 4.69) is 17.2 Å². The summed E-state index contributed by atoms with van der Waals surface area (Å²) in [6.07, 6.45) is 2.27. The van der Waals surface area contributed by atoms with Gasteiger partial charge >= 0.3 is 6.03 Å². The maximum Gasteiger partial charge on any atom is 0.315 e. The molecule has 25 heavy (non-hydrogen) atoms. The van der Waals surface area contributed by atoms with E-state index < -0.39 is 34.8 Å². The number of Topliss-reactive ketones (excluding diaryl/α,β-unsaturated/α-hetero) is 1. The summed E-state index contributed by atoms with van der Waals surface area (Å²) in [4.78, 5) is 24.0. The number of carbonyl (C=O) groups excluding carboxylic acids is 2. The first-order valence-corrected chi connectivity index (χ1v) is 9.58. The van der Waals surface area contributed by atoms with Crippen LogP contribution in [0.15, 0.2) is 12.7 Å². The van der Waals surface area contributed by atoms with E-state index in [1.54, 1.807) is 0 Å². The van der Waals surface area contributed by atoms with Crippen molar-refractivity contribution < 1.29 is 23.7 Å². The number of quaternary nitrogens is 1. The molecule has 2 amide bonds. The van der Waals surface area contributed by atoms with Crippen LogP contribution in [0.25, 0.3) is 0 Å². The highest BCUT2D eigenvalue weighted by atomic mass is 32.2. The fourth-order valence-electron chi connectivity index (χ4n) is 2.40. The minimum atomic E-state index is -2.49. The first-order chi connectivity index (χ1) is 11.5. The summed E-state index contributed by atoms with van der Waals surface area (Å²) in [5.74, 6) is -0.131. The lowest BCUT2D eigenvalue weighted by Gasteiger charge is -2.30. The van der Waals surface area contributed by atoms with Crippen molar-refractivity contribution in [1.82, 2.24) is 14.9 Å². The van der Waals surface area contributed by atoms with Crippen LogP contribution in [-0.4, -0.2) is 59.4 Å². The summed E-state index contributed by atoms with van der Waals surface area (Å²) in [7, 11) is 1.93. The Morgan fingerprint density at radius 3 is 2.36 bits per heavy atom.